The lowest BCUT2D eigenvalue weighted by Crippen LogP contribution is -1.35. The summed E-state index contributed by atoms with van der Waals surface area (Å²) in [4.78, 5) is 7.56. The van der Waals surface area contributed by atoms with Crippen LogP contribution in [0.3, 0.4) is 0 Å². The Bertz CT molecular complexity index is 30.6. The summed E-state index contributed by atoms with van der Waals surface area (Å²) < 4.78 is 9.15. The van der Waals surface area contributed by atoms with Crippen LogP contribution >= 0.6 is 8.03 Å². The first-order valence-electron chi connectivity index (χ1n) is 0.830. The molecule has 0 aromatic rings. The van der Waals surface area contributed by atoms with E-state index in [-0.39, 0.29) is 7.43 Å². The third-order valence-corrected chi connectivity index (χ3v) is 0. The molecule has 0 saturated heterocycles. The third-order valence-electron chi connectivity index (χ3n) is 0. The van der Waals surface area contributed by atoms with Crippen molar-refractivity contribution >= 4 is 8.03 Å². The SMILES string of the molecule is C.C[P+](=O)O. The summed E-state index contributed by atoms with van der Waals surface area (Å²) in [6.45, 7) is 1.23. The molecule has 5 heavy (non-hydrogen) atoms. The van der Waals surface area contributed by atoms with Crippen LogP contribution < -0.4 is 0 Å². The highest BCUT2D eigenvalue weighted by Gasteiger charge is 1.86. The predicted octanol–water partition coefficient (Wildman–Crippen LogP) is 0.987. The van der Waals surface area contributed by atoms with Gasteiger partial charge in [-0.1, -0.05) is 7.43 Å². The fourth-order valence-electron chi connectivity index (χ4n) is 0. The molecule has 0 spiro atoms. The van der Waals surface area contributed by atoms with E-state index in [0.717, 1.165) is 0 Å². The van der Waals surface area contributed by atoms with E-state index >= 15 is 0 Å². The van der Waals surface area contributed by atoms with Gasteiger partial charge in [0.05, 0.1) is 0 Å². The second kappa shape index (κ2) is 4.06. The molecular weight excluding hydrogens is 87.0 g/mol. The molecular formula is C2H8O2P+. The minimum atomic E-state index is -1.87. The fraction of sp³-hybridized carbons (Fsp3) is 1.00. The van der Waals surface area contributed by atoms with Gasteiger partial charge in [0.2, 0.25) is 0 Å². The van der Waals surface area contributed by atoms with E-state index in [0.29, 0.717) is 0 Å². The van der Waals surface area contributed by atoms with E-state index in [2.05, 4.69) is 0 Å². The maximum atomic E-state index is 9.15. The van der Waals surface area contributed by atoms with Crippen LogP contribution in [0.1, 0.15) is 7.43 Å². The molecule has 32 valence electrons. The number of rotatable bonds is 0. The third kappa shape index (κ3) is 4790. The molecule has 2 nitrogen and oxygen atoms in total. The van der Waals surface area contributed by atoms with Crippen molar-refractivity contribution in [3.05, 3.63) is 0 Å². The highest BCUT2D eigenvalue weighted by atomic mass is 31.1. The van der Waals surface area contributed by atoms with Gasteiger partial charge in [-0.3, -0.25) is 0 Å². The Morgan fingerprint density at radius 2 is 1.80 bits per heavy atom. The predicted molar refractivity (Wildman–Crippen MR) is 22.5 cm³/mol. The average Bonchev–Trinajstić information content (AvgIpc) is 0.811. The normalized spacial score (nSPS) is 8.80. The zero-order valence-electron chi connectivity index (χ0n) is 2.30. The van der Waals surface area contributed by atoms with Crippen molar-refractivity contribution in [1.82, 2.24) is 0 Å². The Morgan fingerprint density at radius 3 is 1.80 bits per heavy atom. The van der Waals surface area contributed by atoms with Crippen molar-refractivity contribution in [3.8, 4) is 0 Å². The molecule has 0 bridgehead atoms. The van der Waals surface area contributed by atoms with Gasteiger partial charge in [-0.15, -0.1) is 0 Å². The van der Waals surface area contributed by atoms with Gasteiger partial charge in [0.1, 0.15) is 0 Å². The fourth-order valence-corrected chi connectivity index (χ4v) is 0. The van der Waals surface area contributed by atoms with E-state index < -0.39 is 8.03 Å². The molecule has 0 aromatic heterocycles. The molecule has 0 aliphatic carbocycles. The van der Waals surface area contributed by atoms with Gasteiger partial charge in [-0.2, -0.15) is 4.89 Å². The van der Waals surface area contributed by atoms with Crippen LogP contribution in [0.25, 0.3) is 0 Å². The van der Waals surface area contributed by atoms with Crippen LogP contribution in [0, 0.1) is 0 Å². The first kappa shape index (κ1) is 8.91. The maximum absolute atomic E-state index is 9.15. The molecule has 0 saturated carbocycles. The summed E-state index contributed by atoms with van der Waals surface area (Å²) >= 11 is 0. The summed E-state index contributed by atoms with van der Waals surface area (Å²) in [7, 11) is -1.87. The van der Waals surface area contributed by atoms with E-state index in [1.165, 1.54) is 6.66 Å². The van der Waals surface area contributed by atoms with E-state index in [9.17, 15) is 0 Å². The number of hydrogen-bond acceptors (Lipinski definition) is 1. The first-order chi connectivity index (χ1) is 1.73. The quantitative estimate of drug-likeness (QED) is 0.455. The zero-order valence-corrected chi connectivity index (χ0v) is 3.20. The molecule has 0 aliphatic heterocycles. The highest BCUT2D eigenvalue weighted by Crippen LogP contribution is 1.99. The van der Waals surface area contributed by atoms with Crippen molar-refractivity contribution in [2.45, 2.75) is 7.43 Å². The molecule has 0 radical (unpaired) electrons. The Kier molecular flexibility index (Phi) is 7.23. The van der Waals surface area contributed by atoms with Gasteiger partial charge >= 0.3 is 8.03 Å². The molecule has 1 unspecified atom stereocenters. The maximum Gasteiger partial charge on any atom is 0.502 e. The first-order valence-corrected chi connectivity index (χ1v) is 2.49. The highest BCUT2D eigenvalue weighted by molar-refractivity contribution is 7.36. The topological polar surface area (TPSA) is 37.3 Å². The smallest absolute Gasteiger partial charge is 0.161 e. The lowest BCUT2D eigenvalue weighted by Gasteiger charge is -1.36. The van der Waals surface area contributed by atoms with Crippen LogP contribution in [0.15, 0.2) is 0 Å². The van der Waals surface area contributed by atoms with Crippen molar-refractivity contribution in [3.63, 3.8) is 0 Å². The van der Waals surface area contributed by atoms with Gasteiger partial charge in [0, 0.05) is 0 Å². The van der Waals surface area contributed by atoms with Gasteiger partial charge in [0.15, 0.2) is 6.66 Å². The number of hydrogen-bond donors (Lipinski definition) is 1. The second-order valence-corrected chi connectivity index (χ2v) is 1.39. The molecule has 1 atom stereocenters. The molecule has 0 aliphatic rings. The lowest BCUT2D eigenvalue weighted by molar-refractivity contribution is 0.509. The second-order valence-electron chi connectivity index (χ2n) is 0.464. The standard InChI is InChI=1S/CH3O2P.CH4/c1-4(2)3;/h1H3;1H4/p+1. The molecule has 0 aromatic carbocycles. The van der Waals surface area contributed by atoms with Gasteiger partial charge in [0.25, 0.3) is 0 Å². The molecule has 1 N–H and O–H groups in total. The minimum Gasteiger partial charge on any atom is -0.161 e. The molecule has 0 fully saturated rings. The minimum absolute atomic E-state index is 0. The molecule has 3 heteroatoms. The monoisotopic (exact) mass is 95.0 g/mol. The van der Waals surface area contributed by atoms with Crippen molar-refractivity contribution in [2.75, 3.05) is 6.66 Å². The summed E-state index contributed by atoms with van der Waals surface area (Å²) in [5, 5.41) is 0. The van der Waals surface area contributed by atoms with E-state index in [1.54, 1.807) is 0 Å². The molecule has 0 rings (SSSR count). The van der Waals surface area contributed by atoms with Crippen molar-refractivity contribution in [1.29, 1.82) is 0 Å². The summed E-state index contributed by atoms with van der Waals surface area (Å²) in [5.41, 5.74) is 0. The summed E-state index contributed by atoms with van der Waals surface area (Å²) in [5.74, 6) is 0. The zero-order chi connectivity index (χ0) is 3.58. The van der Waals surface area contributed by atoms with Gasteiger partial charge < -0.3 is 0 Å². The van der Waals surface area contributed by atoms with Crippen LogP contribution in [0.2, 0.25) is 0 Å². The lowest BCUT2D eigenvalue weighted by atomic mass is 12.0. The summed E-state index contributed by atoms with van der Waals surface area (Å²) in [6, 6.07) is 0. The Morgan fingerprint density at radius 1 is 1.80 bits per heavy atom. The average molecular weight is 95.1 g/mol. The van der Waals surface area contributed by atoms with Crippen LogP contribution in [0.5, 0.6) is 0 Å². The Labute approximate surface area is 32.7 Å². The summed E-state index contributed by atoms with van der Waals surface area (Å²) in [6.07, 6.45) is 0. The van der Waals surface area contributed by atoms with Crippen molar-refractivity contribution < 1.29 is 9.46 Å². The molecule has 0 heterocycles. The van der Waals surface area contributed by atoms with Gasteiger partial charge in [-0.25, -0.2) is 0 Å². The van der Waals surface area contributed by atoms with E-state index in [1.807, 2.05) is 0 Å². The van der Waals surface area contributed by atoms with Crippen molar-refractivity contribution in [2.24, 2.45) is 0 Å². The Balaban J connectivity index is 0. The van der Waals surface area contributed by atoms with Crippen LogP contribution in [0.4, 0.5) is 0 Å². The largest absolute Gasteiger partial charge is 0.502 e. The van der Waals surface area contributed by atoms with E-state index in [4.69, 9.17) is 9.46 Å². The van der Waals surface area contributed by atoms with Crippen LogP contribution in [-0.2, 0) is 4.57 Å². The molecule has 0 amide bonds. The van der Waals surface area contributed by atoms with Crippen LogP contribution in [-0.4, -0.2) is 11.6 Å². The van der Waals surface area contributed by atoms with Gasteiger partial charge in [-0.05, 0) is 4.57 Å². The Hall–Kier alpha value is 0.0600.